The van der Waals surface area contributed by atoms with E-state index in [9.17, 15) is 14.5 Å². The van der Waals surface area contributed by atoms with Gasteiger partial charge in [-0.25, -0.2) is 0 Å². The van der Waals surface area contributed by atoms with E-state index < -0.39 is 7.14 Å². The van der Waals surface area contributed by atoms with Gasteiger partial charge < -0.3 is 9.67 Å². The Morgan fingerprint density at radius 3 is 2.33 bits per heavy atom. The van der Waals surface area contributed by atoms with E-state index in [2.05, 4.69) is 0 Å². The number of allylic oxidation sites excluding steroid dienone is 5. The Hall–Kier alpha value is -3.42. The van der Waals surface area contributed by atoms with Crippen LogP contribution in [0.25, 0.3) is 5.57 Å². The second-order valence-electron chi connectivity index (χ2n) is 7.52. The van der Waals surface area contributed by atoms with Crippen molar-refractivity contribution in [3.8, 4) is 5.75 Å². The second-order valence-corrected chi connectivity index (χ2v) is 10.2. The number of rotatable bonds is 2. The zero-order valence-corrected chi connectivity index (χ0v) is 17.3. The van der Waals surface area contributed by atoms with E-state index in [4.69, 9.17) is 0 Å². The van der Waals surface area contributed by atoms with Gasteiger partial charge in [-0.05, 0) is 71.2 Å². The molecule has 3 nitrogen and oxygen atoms in total. The van der Waals surface area contributed by atoms with Crippen molar-refractivity contribution in [3.05, 3.63) is 119 Å². The molecule has 1 aliphatic carbocycles. The summed E-state index contributed by atoms with van der Waals surface area (Å²) in [5.74, 6) is -0.131. The first-order valence-electron chi connectivity index (χ1n) is 9.75. The zero-order chi connectivity index (χ0) is 20.9. The fourth-order valence-electron chi connectivity index (χ4n) is 4.31. The molecule has 0 aromatic heterocycles. The van der Waals surface area contributed by atoms with E-state index in [1.54, 1.807) is 18.2 Å². The Kier molecular flexibility index (Phi) is 4.23. The second kappa shape index (κ2) is 6.83. The normalized spacial score (nSPS) is 19.9. The lowest BCUT2D eigenvalue weighted by Crippen LogP contribution is -2.27. The minimum absolute atomic E-state index is 0.0516. The lowest BCUT2D eigenvalue weighted by atomic mass is 9.88. The number of carbonyl (C=O) groups is 1. The lowest BCUT2D eigenvalue weighted by molar-refractivity contribution is -0.110. The number of phenolic OH excluding ortho intramolecular Hbond substituents is 1. The molecule has 0 fully saturated rings. The molecule has 5 rings (SSSR count). The molecule has 0 bridgehead atoms. The molecule has 0 unspecified atom stereocenters. The van der Waals surface area contributed by atoms with Crippen molar-refractivity contribution in [1.29, 1.82) is 0 Å². The highest BCUT2D eigenvalue weighted by Crippen LogP contribution is 2.61. The van der Waals surface area contributed by atoms with Gasteiger partial charge in [-0.2, -0.15) is 0 Å². The number of aryl methyl sites for hydroxylation is 1. The van der Waals surface area contributed by atoms with Crippen LogP contribution in [0.2, 0.25) is 0 Å². The van der Waals surface area contributed by atoms with E-state index >= 15 is 0 Å². The monoisotopic (exact) mass is 410 g/mol. The Labute approximate surface area is 175 Å². The highest BCUT2D eigenvalue weighted by molar-refractivity contribution is 7.83. The fourth-order valence-corrected chi connectivity index (χ4v) is 7.39. The predicted octanol–water partition coefficient (Wildman–Crippen LogP) is 4.85. The molecule has 1 N–H and O–H groups in total. The van der Waals surface area contributed by atoms with Gasteiger partial charge in [0.05, 0.1) is 0 Å². The number of carbonyl (C=O) groups excluding carboxylic acids is 1. The van der Waals surface area contributed by atoms with Crippen LogP contribution >= 0.6 is 7.14 Å². The summed E-state index contributed by atoms with van der Waals surface area (Å²) >= 11 is 0. The van der Waals surface area contributed by atoms with Gasteiger partial charge >= 0.3 is 0 Å². The van der Waals surface area contributed by atoms with E-state index in [0.717, 1.165) is 27.8 Å². The van der Waals surface area contributed by atoms with Gasteiger partial charge in [-0.1, -0.05) is 54.6 Å². The number of fused-ring (bicyclic) bond motifs is 2. The van der Waals surface area contributed by atoms with E-state index in [1.165, 1.54) is 12.2 Å². The smallest absolute Gasteiger partial charge is 0.179 e. The molecule has 3 aromatic carbocycles. The van der Waals surface area contributed by atoms with Crippen molar-refractivity contribution in [1.82, 2.24) is 0 Å². The summed E-state index contributed by atoms with van der Waals surface area (Å²) in [6, 6.07) is 22.3. The summed E-state index contributed by atoms with van der Waals surface area (Å²) in [4.78, 5) is 12.4. The third kappa shape index (κ3) is 2.67. The lowest BCUT2D eigenvalue weighted by Gasteiger charge is -2.34. The molecule has 0 saturated carbocycles. The third-order valence-electron chi connectivity index (χ3n) is 5.70. The topological polar surface area (TPSA) is 54.4 Å². The maximum Gasteiger partial charge on any atom is 0.179 e. The minimum Gasteiger partial charge on any atom is -0.508 e. The molecule has 2 aliphatic rings. The molecule has 0 radical (unpaired) electrons. The quantitative estimate of drug-likeness (QED) is 0.615. The molecule has 30 heavy (non-hydrogen) atoms. The number of hydrogen-bond donors (Lipinski definition) is 1. The Morgan fingerprint density at radius 1 is 0.833 bits per heavy atom. The van der Waals surface area contributed by atoms with Gasteiger partial charge in [-0.3, -0.25) is 4.79 Å². The van der Waals surface area contributed by atoms with Crippen LogP contribution in [0.15, 0.2) is 102 Å². The number of phenols is 1. The van der Waals surface area contributed by atoms with E-state index in [1.807, 2.05) is 67.6 Å². The van der Waals surface area contributed by atoms with E-state index in [0.29, 0.717) is 15.9 Å². The summed E-state index contributed by atoms with van der Waals surface area (Å²) < 4.78 is 14.8. The molecule has 1 aliphatic heterocycles. The SMILES string of the molecule is Cc1ccccc1C1=C2C=CC(=O)C=C2[P@](=O)(c2ccccc2)c2cc(O)ccc21. The van der Waals surface area contributed by atoms with Crippen LogP contribution in [0, 0.1) is 6.92 Å². The highest BCUT2D eigenvalue weighted by Gasteiger charge is 2.42. The van der Waals surface area contributed by atoms with Crippen molar-refractivity contribution in [3.63, 3.8) is 0 Å². The van der Waals surface area contributed by atoms with Crippen molar-refractivity contribution >= 4 is 29.1 Å². The summed E-state index contributed by atoms with van der Waals surface area (Å²) in [5.41, 5.74) is 4.65. The highest BCUT2D eigenvalue weighted by atomic mass is 31.2. The van der Waals surface area contributed by atoms with Gasteiger partial charge in [0.2, 0.25) is 0 Å². The Morgan fingerprint density at radius 2 is 1.57 bits per heavy atom. The Balaban J connectivity index is 1.95. The zero-order valence-electron chi connectivity index (χ0n) is 16.4. The average Bonchev–Trinajstić information content (AvgIpc) is 2.76. The molecule has 4 heteroatoms. The average molecular weight is 410 g/mol. The first kappa shape index (κ1) is 18.6. The molecule has 1 heterocycles. The number of hydrogen-bond acceptors (Lipinski definition) is 3. The molecular formula is C26H19O3P. The predicted molar refractivity (Wildman–Crippen MR) is 121 cm³/mol. The fraction of sp³-hybridized carbons (Fsp3) is 0.0385. The number of ketones is 1. The maximum absolute atomic E-state index is 14.8. The van der Waals surface area contributed by atoms with Crippen molar-refractivity contribution in [2.75, 3.05) is 0 Å². The van der Waals surface area contributed by atoms with Gasteiger partial charge in [0.25, 0.3) is 0 Å². The van der Waals surface area contributed by atoms with Crippen LogP contribution in [0.5, 0.6) is 5.75 Å². The summed E-state index contributed by atoms with van der Waals surface area (Å²) in [5, 5.41) is 12.0. The molecule has 3 aromatic rings. The molecule has 1 atom stereocenters. The largest absolute Gasteiger partial charge is 0.508 e. The van der Waals surface area contributed by atoms with Gasteiger partial charge in [0, 0.05) is 15.9 Å². The van der Waals surface area contributed by atoms with E-state index in [-0.39, 0.29) is 11.5 Å². The van der Waals surface area contributed by atoms with Crippen molar-refractivity contribution in [2.24, 2.45) is 0 Å². The van der Waals surface area contributed by atoms with Gasteiger partial charge in [-0.15, -0.1) is 0 Å². The molecular weight excluding hydrogens is 391 g/mol. The maximum atomic E-state index is 14.8. The first-order valence-corrected chi connectivity index (χ1v) is 11.5. The third-order valence-corrected chi connectivity index (χ3v) is 8.82. The molecule has 0 amide bonds. The molecule has 146 valence electrons. The van der Waals surface area contributed by atoms with Crippen LogP contribution in [0.3, 0.4) is 0 Å². The van der Waals surface area contributed by atoms with Crippen LogP contribution in [0.1, 0.15) is 16.7 Å². The summed E-state index contributed by atoms with van der Waals surface area (Å²) in [6.07, 6.45) is 4.80. The Bertz CT molecular complexity index is 1340. The number of benzene rings is 3. The van der Waals surface area contributed by atoms with Gasteiger partial charge in [0.1, 0.15) is 5.75 Å². The van der Waals surface area contributed by atoms with Crippen LogP contribution in [0.4, 0.5) is 0 Å². The summed E-state index contributed by atoms with van der Waals surface area (Å²) in [6.45, 7) is 2.04. The van der Waals surface area contributed by atoms with Gasteiger partial charge in [0.15, 0.2) is 12.9 Å². The minimum atomic E-state index is -3.35. The summed E-state index contributed by atoms with van der Waals surface area (Å²) in [7, 11) is -3.35. The number of aromatic hydroxyl groups is 1. The van der Waals surface area contributed by atoms with Crippen molar-refractivity contribution in [2.45, 2.75) is 6.92 Å². The molecule has 0 saturated heterocycles. The van der Waals surface area contributed by atoms with Crippen LogP contribution < -0.4 is 10.6 Å². The molecule has 0 spiro atoms. The van der Waals surface area contributed by atoms with Crippen LogP contribution in [-0.4, -0.2) is 10.9 Å². The van der Waals surface area contributed by atoms with Crippen LogP contribution in [-0.2, 0) is 9.36 Å². The standard InChI is InChI=1S/C26H19O3P/c1-17-7-5-6-10-21(17)26-22-13-11-18(27)15-24(22)30(29,20-8-3-2-4-9-20)25-16-19(28)12-14-23(25)26/h2-16,27H,1H3/t30-/m0/s1. The van der Waals surface area contributed by atoms with Crippen molar-refractivity contribution < 1.29 is 14.5 Å². The first-order chi connectivity index (χ1) is 14.5.